The molecule has 0 bridgehead atoms. The third-order valence-corrected chi connectivity index (χ3v) is 3.54. The maximum atomic E-state index is 12.2. The van der Waals surface area contributed by atoms with Gasteiger partial charge in [-0.2, -0.15) is 0 Å². The van der Waals surface area contributed by atoms with Gasteiger partial charge in [-0.15, -0.1) is 0 Å². The van der Waals surface area contributed by atoms with Crippen molar-refractivity contribution in [2.75, 3.05) is 6.54 Å². The molecule has 3 atom stereocenters. The summed E-state index contributed by atoms with van der Waals surface area (Å²) in [7, 11) is 0. The van der Waals surface area contributed by atoms with Gasteiger partial charge >= 0.3 is 5.97 Å². The predicted octanol–water partition coefficient (Wildman–Crippen LogP) is -5.50. The van der Waals surface area contributed by atoms with Gasteiger partial charge in [0.2, 0.25) is 35.4 Å². The number of carbonyl (C=O) groups excluding carboxylic acids is 6. The fourth-order valence-electron chi connectivity index (χ4n) is 2.06. The zero-order valence-corrected chi connectivity index (χ0v) is 15.9. The van der Waals surface area contributed by atoms with E-state index in [9.17, 15) is 33.6 Å². The van der Waals surface area contributed by atoms with Crippen molar-refractivity contribution in [2.45, 2.75) is 43.8 Å². The van der Waals surface area contributed by atoms with Gasteiger partial charge in [-0.1, -0.05) is 0 Å². The molecule has 0 saturated heterocycles. The summed E-state index contributed by atoms with van der Waals surface area (Å²) in [6.07, 6.45) is -1.60. The molecule has 6 amide bonds. The number of carboxylic acids is 1. The lowest BCUT2D eigenvalue weighted by Gasteiger charge is -2.20. The topological polar surface area (TPSA) is 280 Å². The molecule has 12 N–H and O–H groups in total. The number of primary amides is 3. The van der Waals surface area contributed by atoms with Crippen LogP contribution in [0.5, 0.6) is 0 Å². The Labute approximate surface area is 170 Å². The van der Waals surface area contributed by atoms with Crippen LogP contribution in [0.1, 0.15) is 25.7 Å². The molecule has 0 saturated carbocycles. The minimum Gasteiger partial charge on any atom is -0.480 e. The second-order valence-electron chi connectivity index (χ2n) is 6.19. The first-order valence-electron chi connectivity index (χ1n) is 8.54. The second-order valence-corrected chi connectivity index (χ2v) is 6.19. The molecule has 15 heteroatoms. The average molecular weight is 431 g/mol. The normalized spacial score (nSPS) is 13.2. The predicted molar refractivity (Wildman–Crippen MR) is 98.5 cm³/mol. The molecule has 168 valence electrons. The van der Waals surface area contributed by atoms with Gasteiger partial charge in [0.05, 0.1) is 25.4 Å². The standard InChI is InChI=1S/C15H25N7O8/c16-6(1-2-9(17)23)13(27)20-5-12(26)21-7(3-10(18)24)14(28)22-8(15(29)30)4-11(19)25/h6-8H,1-5,16H2,(H2,17,23)(H2,18,24)(H2,19,25)(H,20,27)(H,21,26)(H,22,28)(H,29,30). The Bertz CT molecular complexity index is 711. The Kier molecular flexibility index (Phi) is 11.1. The Morgan fingerprint density at radius 1 is 0.767 bits per heavy atom. The van der Waals surface area contributed by atoms with Crippen molar-refractivity contribution >= 4 is 41.4 Å². The number of carboxylic acid groups (broad SMARTS) is 1. The summed E-state index contributed by atoms with van der Waals surface area (Å²) in [5.74, 6) is -7.03. The number of nitrogens with two attached hydrogens (primary N) is 4. The second kappa shape index (κ2) is 12.7. The minimum absolute atomic E-state index is 0.0497. The quantitative estimate of drug-likeness (QED) is 0.130. The molecule has 0 aromatic rings. The van der Waals surface area contributed by atoms with E-state index in [1.165, 1.54) is 0 Å². The third kappa shape index (κ3) is 11.2. The Balaban J connectivity index is 4.89. The van der Waals surface area contributed by atoms with Gasteiger partial charge in [0.25, 0.3) is 0 Å². The molecule has 0 rings (SSSR count). The van der Waals surface area contributed by atoms with Crippen LogP contribution in [0.4, 0.5) is 0 Å². The summed E-state index contributed by atoms with van der Waals surface area (Å²) in [6.45, 7) is -0.644. The van der Waals surface area contributed by atoms with E-state index in [-0.39, 0.29) is 12.8 Å². The zero-order valence-electron chi connectivity index (χ0n) is 15.9. The number of carbonyl (C=O) groups is 7. The first-order valence-corrected chi connectivity index (χ1v) is 8.54. The van der Waals surface area contributed by atoms with Gasteiger partial charge in [-0.25, -0.2) is 4.79 Å². The monoisotopic (exact) mass is 431 g/mol. The Hall–Kier alpha value is -3.75. The Morgan fingerprint density at radius 2 is 1.30 bits per heavy atom. The number of hydrogen-bond acceptors (Lipinski definition) is 8. The fraction of sp³-hybridized carbons (Fsp3) is 0.533. The highest BCUT2D eigenvalue weighted by Gasteiger charge is 2.29. The number of hydrogen-bond donors (Lipinski definition) is 8. The lowest BCUT2D eigenvalue weighted by atomic mass is 10.1. The minimum atomic E-state index is -1.69. The van der Waals surface area contributed by atoms with E-state index < -0.39 is 78.9 Å². The van der Waals surface area contributed by atoms with E-state index in [4.69, 9.17) is 28.0 Å². The number of amides is 6. The third-order valence-electron chi connectivity index (χ3n) is 3.54. The van der Waals surface area contributed by atoms with Gasteiger partial charge in [0, 0.05) is 6.42 Å². The van der Waals surface area contributed by atoms with Gasteiger partial charge < -0.3 is 44.0 Å². The van der Waals surface area contributed by atoms with Gasteiger partial charge in [-0.3, -0.25) is 28.8 Å². The number of aliphatic carboxylic acids is 1. The van der Waals surface area contributed by atoms with Crippen LogP contribution in [-0.4, -0.2) is 71.2 Å². The molecule has 0 aliphatic carbocycles. The largest absolute Gasteiger partial charge is 0.480 e. The van der Waals surface area contributed by atoms with Crippen LogP contribution in [0.2, 0.25) is 0 Å². The fourth-order valence-corrected chi connectivity index (χ4v) is 2.06. The molecule has 0 aliphatic rings. The van der Waals surface area contributed by atoms with Crippen molar-refractivity contribution < 1.29 is 38.7 Å². The van der Waals surface area contributed by atoms with Crippen LogP contribution >= 0.6 is 0 Å². The first kappa shape index (κ1) is 26.2. The molecule has 0 aromatic heterocycles. The number of rotatable bonds is 14. The molecule has 0 aliphatic heterocycles. The summed E-state index contributed by atoms with van der Waals surface area (Å²) in [5, 5.41) is 15.2. The van der Waals surface area contributed by atoms with Gasteiger partial charge in [0.15, 0.2) is 0 Å². The summed E-state index contributed by atoms with van der Waals surface area (Å²) in [5.41, 5.74) is 20.4. The van der Waals surface area contributed by atoms with Crippen molar-refractivity contribution in [1.29, 1.82) is 0 Å². The van der Waals surface area contributed by atoms with Crippen molar-refractivity contribution in [2.24, 2.45) is 22.9 Å². The van der Waals surface area contributed by atoms with E-state index in [0.717, 1.165) is 0 Å². The van der Waals surface area contributed by atoms with E-state index in [1.54, 1.807) is 0 Å². The smallest absolute Gasteiger partial charge is 0.326 e. The lowest BCUT2D eigenvalue weighted by Crippen LogP contribution is -2.55. The van der Waals surface area contributed by atoms with Crippen molar-refractivity contribution in [3.05, 3.63) is 0 Å². The van der Waals surface area contributed by atoms with Gasteiger partial charge in [0.1, 0.15) is 12.1 Å². The molecular formula is C15H25N7O8. The first-order chi connectivity index (χ1) is 13.8. The lowest BCUT2D eigenvalue weighted by molar-refractivity contribution is -0.143. The summed E-state index contributed by atoms with van der Waals surface area (Å²) in [6, 6.07) is -4.38. The number of nitrogens with one attached hydrogen (secondary N) is 3. The molecule has 0 radical (unpaired) electrons. The molecule has 30 heavy (non-hydrogen) atoms. The van der Waals surface area contributed by atoms with Crippen LogP contribution < -0.4 is 38.9 Å². The van der Waals surface area contributed by atoms with Crippen LogP contribution in [0.25, 0.3) is 0 Å². The maximum absolute atomic E-state index is 12.2. The highest BCUT2D eigenvalue weighted by atomic mass is 16.4. The molecule has 15 nitrogen and oxygen atoms in total. The summed E-state index contributed by atoms with van der Waals surface area (Å²) < 4.78 is 0. The van der Waals surface area contributed by atoms with Crippen LogP contribution in [-0.2, 0) is 33.6 Å². The SMILES string of the molecule is NC(=O)CCC(N)C(=O)NCC(=O)NC(CC(N)=O)C(=O)NC(CC(N)=O)C(=O)O. The van der Waals surface area contributed by atoms with Crippen LogP contribution in [0.15, 0.2) is 0 Å². The van der Waals surface area contributed by atoms with Crippen molar-refractivity contribution in [3.63, 3.8) is 0 Å². The summed E-state index contributed by atoms with van der Waals surface area (Å²) >= 11 is 0. The Morgan fingerprint density at radius 3 is 1.77 bits per heavy atom. The highest BCUT2D eigenvalue weighted by Crippen LogP contribution is 1.98. The molecule has 3 unspecified atom stereocenters. The molecule has 0 aromatic carbocycles. The van der Waals surface area contributed by atoms with Crippen molar-refractivity contribution in [1.82, 2.24) is 16.0 Å². The van der Waals surface area contributed by atoms with Crippen LogP contribution in [0, 0.1) is 0 Å². The molecular weight excluding hydrogens is 406 g/mol. The molecule has 0 spiro atoms. The van der Waals surface area contributed by atoms with Gasteiger partial charge in [-0.05, 0) is 6.42 Å². The van der Waals surface area contributed by atoms with Crippen LogP contribution in [0.3, 0.4) is 0 Å². The van der Waals surface area contributed by atoms with E-state index in [2.05, 4.69) is 10.6 Å². The van der Waals surface area contributed by atoms with E-state index >= 15 is 0 Å². The highest BCUT2D eigenvalue weighted by molar-refractivity contribution is 5.95. The zero-order chi connectivity index (χ0) is 23.4. The average Bonchev–Trinajstić information content (AvgIpc) is 2.61. The summed E-state index contributed by atoms with van der Waals surface area (Å²) in [4.78, 5) is 79.7. The van der Waals surface area contributed by atoms with E-state index in [1.807, 2.05) is 5.32 Å². The van der Waals surface area contributed by atoms with Crippen molar-refractivity contribution in [3.8, 4) is 0 Å². The maximum Gasteiger partial charge on any atom is 0.326 e. The molecule has 0 heterocycles. The van der Waals surface area contributed by atoms with E-state index in [0.29, 0.717) is 0 Å². The molecule has 0 fully saturated rings.